The number of hydrogen-bond donors (Lipinski definition) is 1. The summed E-state index contributed by atoms with van der Waals surface area (Å²) in [5, 5.41) is 4.59. The van der Waals surface area contributed by atoms with Gasteiger partial charge >= 0.3 is 0 Å². The maximum absolute atomic E-state index is 5.38. The summed E-state index contributed by atoms with van der Waals surface area (Å²) in [5.41, 5.74) is 0. The van der Waals surface area contributed by atoms with E-state index in [4.69, 9.17) is 4.74 Å². The van der Waals surface area contributed by atoms with Gasteiger partial charge in [-0.1, -0.05) is 0 Å². The minimum absolute atomic E-state index is 0.699. The molecule has 0 aromatic carbocycles. The standard InChI is InChI=1S/C14H28N2OS/c1-18-14-3-2-8-16(9-4-14)10-7-15-13-5-11-17-12-6-13/h13-15H,2-12H2,1H3. The molecule has 3 nitrogen and oxygen atoms in total. The van der Waals surface area contributed by atoms with Crippen LogP contribution in [0, 0.1) is 0 Å². The molecule has 106 valence electrons. The van der Waals surface area contributed by atoms with Crippen molar-refractivity contribution >= 4 is 11.8 Å². The smallest absolute Gasteiger partial charge is 0.0480 e. The van der Waals surface area contributed by atoms with Gasteiger partial charge in [-0.25, -0.2) is 0 Å². The van der Waals surface area contributed by atoms with Gasteiger partial charge in [0, 0.05) is 37.6 Å². The van der Waals surface area contributed by atoms with E-state index in [0.717, 1.165) is 25.0 Å². The molecule has 0 amide bonds. The van der Waals surface area contributed by atoms with Crippen molar-refractivity contribution in [1.82, 2.24) is 10.2 Å². The summed E-state index contributed by atoms with van der Waals surface area (Å²) in [5.74, 6) is 0. The number of hydrogen-bond acceptors (Lipinski definition) is 4. The van der Waals surface area contributed by atoms with E-state index in [9.17, 15) is 0 Å². The Morgan fingerprint density at radius 1 is 1.17 bits per heavy atom. The van der Waals surface area contributed by atoms with Crippen molar-refractivity contribution in [3.05, 3.63) is 0 Å². The summed E-state index contributed by atoms with van der Waals surface area (Å²) in [7, 11) is 0. The fraction of sp³-hybridized carbons (Fsp3) is 1.00. The van der Waals surface area contributed by atoms with Crippen LogP contribution >= 0.6 is 11.8 Å². The molecule has 2 saturated heterocycles. The quantitative estimate of drug-likeness (QED) is 0.827. The van der Waals surface area contributed by atoms with Crippen LogP contribution in [0.3, 0.4) is 0 Å². The highest BCUT2D eigenvalue weighted by atomic mass is 32.2. The topological polar surface area (TPSA) is 24.5 Å². The average Bonchev–Trinajstić information content (AvgIpc) is 2.65. The Balaban J connectivity index is 1.58. The minimum atomic E-state index is 0.699. The van der Waals surface area contributed by atoms with E-state index < -0.39 is 0 Å². The Bertz CT molecular complexity index is 222. The molecule has 1 atom stereocenters. The molecular weight excluding hydrogens is 244 g/mol. The summed E-state index contributed by atoms with van der Waals surface area (Å²) in [6.07, 6.45) is 8.79. The van der Waals surface area contributed by atoms with Gasteiger partial charge in [0.2, 0.25) is 0 Å². The highest BCUT2D eigenvalue weighted by molar-refractivity contribution is 7.99. The Kier molecular flexibility index (Phi) is 6.84. The van der Waals surface area contributed by atoms with Gasteiger partial charge in [-0.05, 0) is 51.4 Å². The van der Waals surface area contributed by atoms with Crippen LogP contribution in [-0.2, 0) is 4.74 Å². The SMILES string of the molecule is CSC1CCCN(CCNC2CCOCC2)CC1. The Hall–Kier alpha value is 0.230. The fourth-order valence-corrected chi connectivity index (χ4v) is 3.66. The number of thioether (sulfide) groups is 1. The van der Waals surface area contributed by atoms with Crippen LogP contribution in [-0.4, -0.2) is 61.8 Å². The van der Waals surface area contributed by atoms with Crippen LogP contribution in [0.1, 0.15) is 32.1 Å². The molecule has 0 saturated carbocycles. The van der Waals surface area contributed by atoms with E-state index >= 15 is 0 Å². The molecule has 2 fully saturated rings. The first-order chi connectivity index (χ1) is 8.88. The molecule has 2 aliphatic heterocycles. The first kappa shape index (κ1) is 14.6. The number of likely N-dealkylation sites (tertiary alicyclic amines) is 1. The van der Waals surface area contributed by atoms with E-state index in [0.29, 0.717) is 6.04 Å². The first-order valence-corrected chi connectivity index (χ1v) is 8.73. The third kappa shape index (κ3) is 5.08. The number of ether oxygens (including phenoxy) is 1. The molecule has 2 heterocycles. The molecule has 0 aliphatic carbocycles. The van der Waals surface area contributed by atoms with Gasteiger partial charge in [0.1, 0.15) is 0 Å². The van der Waals surface area contributed by atoms with Gasteiger partial charge in [0.25, 0.3) is 0 Å². The average molecular weight is 272 g/mol. The lowest BCUT2D eigenvalue weighted by Gasteiger charge is -2.25. The Labute approximate surface area is 116 Å². The number of rotatable bonds is 5. The lowest BCUT2D eigenvalue weighted by Crippen LogP contribution is -2.40. The zero-order chi connectivity index (χ0) is 12.6. The predicted molar refractivity (Wildman–Crippen MR) is 79.4 cm³/mol. The maximum Gasteiger partial charge on any atom is 0.0480 e. The molecule has 4 heteroatoms. The normalized spacial score (nSPS) is 28.2. The summed E-state index contributed by atoms with van der Waals surface area (Å²) < 4.78 is 5.38. The summed E-state index contributed by atoms with van der Waals surface area (Å²) in [6.45, 7) is 6.84. The van der Waals surface area contributed by atoms with Crippen LogP contribution in [0.2, 0.25) is 0 Å². The molecule has 1 unspecified atom stereocenters. The zero-order valence-electron chi connectivity index (χ0n) is 11.7. The molecule has 0 aromatic heterocycles. The van der Waals surface area contributed by atoms with Gasteiger partial charge in [-0.3, -0.25) is 0 Å². The highest BCUT2D eigenvalue weighted by Gasteiger charge is 2.17. The van der Waals surface area contributed by atoms with Crippen molar-refractivity contribution in [2.45, 2.75) is 43.4 Å². The molecule has 0 radical (unpaired) electrons. The van der Waals surface area contributed by atoms with E-state index in [-0.39, 0.29) is 0 Å². The lowest BCUT2D eigenvalue weighted by atomic mass is 10.1. The van der Waals surface area contributed by atoms with Gasteiger partial charge < -0.3 is 15.0 Å². The Morgan fingerprint density at radius 3 is 2.78 bits per heavy atom. The largest absolute Gasteiger partial charge is 0.381 e. The molecule has 0 aromatic rings. The molecule has 18 heavy (non-hydrogen) atoms. The van der Waals surface area contributed by atoms with E-state index in [1.165, 1.54) is 51.7 Å². The minimum Gasteiger partial charge on any atom is -0.381 e. The van der Waals surface area contributed by atoms with Crippen LogP contribution < -0.4 is 5.32 Å². The highest BCUT2D eigenvalue weighted by Crippen LogP contribution is 2.20. The van der Waals surface area contributed by atoms with Crippen molar-refractivity contribution in [1.29, 1.82) is 0 Å². The van der Waals surface area contributed by atoms with Gasteiger partial charge in [-0.15, -0.1) is 0 Å². The second-order valence-electron chi connectivity index (χ2n) is 5.47. The maximum atomic E-state index is 5.38. The summed E-state index contributed by atoms with van der Waals surface area (Å²) >= 11 is 2.05. The third-order valence-electron chi connectivity index (χ3n) is 4.18. The lowest BCUT2D eigenvalue weighted by molar-refractivity contribution is 0.0772. The van der Waals surface area contributed by atoms with Crippen LogP contribution in [0.4, 0.5) is 0 Å². The fourth-order valence-electron chi connectivity index (χ4n) is 2.91. The van der Waals surface area contributed by atoms with Crippen LogP contribution in [0.15, 0.2) is 0 Å². The monoisotopic (exact) mass is 272 g/mol. The molecule has 0 bridgehead atoms. The second-order valence-corrected chi connectivity index (χ2v) is 6.61. The third-order valence-corrected chi connectivity index (χ3v) is 5.32. The Morgan fingerprint density at radius 2 is 2.00 bits per heavy atom. The van der Waals surface area contributed by atoms with Crippen molar-refractivity contribution in [3.8, 4) is 0 Å². The molecule has 2 rings (SSSR count). The van der Waals surface area contributed by atoms with Crippen molar-refractivity contribution < 1.29 is 4.74 Å². The van der Waals surface area contributed by atoms with E-state index in [2.05, 4.69) is 28.2 Å². The number of nitrogens with zero attached hydrogens (tertiary/aromatic N) is 1. The van der Waals surface area contributed by atoms with Gasteiger partial charge in [-0.2, -0.15) is 11.8 Å². The molecule has 1 N–H and O–H groups in total. The van der Waals surface area contributed by atoms with E-state index in [1.807, 2.05) is 0 Å². The zero-order valence-corrected chi connectivity index (χ0v) is 12.5. The molecule has 2 aliphatic rings. The van der Waals surface area contributed by atoms with Gasteiger partial charge in [0.15, 0.2) is 0 Å². The van der Waals surface area contributed by atoms with Crippen LogP contribution in [0.25, 0.3) is 0 Å². The number of nitrogens with one attached hydrogen (secondary N) is 1. The van der Waals surface area contributed by atoms with Gasteiger partial charge in [0.05, 0.1) is 0 Å². The predicted octanol–water partition coefficient (Wildman–Crippen LogP) is 1.97. The van der Waals surface area contributed by atoms with E-state index in [1.54, 1.807) is 0 Å². The van der Waals surface area contributed by atoms with Crippen LogP contribution in [0.5, 0.6) is 0 Å². The summed E-state index contributed by atoms with van der Waals surface area (Å²) in [6, 6.07) is 0.699. The van der Waals surface area contributed by atoms with Crippen molar-refractivity contribution in [2.75, 3.05) is 45.6 Å². The van der Waals surface area contributed by atoms with Crippen molar-refractivity contribution in [2.24, 2.45) is 0 Å². The second kappa shape index (κ2) is 8.41. The van der Waals surface area contributed by atoms with Crippen molar-refractivity contribution in [3.63, 3.8) is 0 Å². The molecule has 0 spiro atoms. The first-order valence-electron chi connectivity index (χ1n) is 7.45. The summed E-state index contributed by atoms with van der Waals surface area (Å²) in [4.78, 5) is 2.64. The molecular formula is C14H28N2OS.